The van der Waals surface area contributed by atoms with Crippen molar-refractivity contribution in [1.82, 2.24) is 10.2 Å². The lowest BCUT2D eigenvalue weighted by atomic mass is 10.1. The first-order chi connectivity index (χ1) is 18.0. The van der Waals surface area contributed by atoms with E-state index in [0.29, 0.717) is 11.4 Å². The zero-order valence-corrected chi connectivity index (χ0v) is 23.2. The van der Waals surface area contributed by atoms with Gasteiger partial charge in [-0.25, -0.2) is 8.42 Å². The van der Waals surface area contributed by atoms with E-state index >= 15 is 0 Å². The third-order valence-electron chi connectivity index (χ3n) is 6.04. The first-order valence-electron chi connectivity index (χ1n) is 12.4. The van der Waals surface area contributed by atoms with Crippen LogP contribution in [-0.2, 0) is 26.2 Å². The van der Waals surface area contributed by atoms with Gasteiger partial charge in [-0.05, 0) is 69.7 Å². The number of amides is 2. The normalized spacial score (nSPS) is 12.1. The Bertz CT molecular complexity index is 1320. The third kappa shape index (κ3) is 7.13. The molecule has 0 aliphatic carbocycles. The van der Waals surface area contributed by atoms with Gasteiger partial charge in [0.05, 0.1) is 17.7 Å². The maximum absolute atomic E-state index is 13.8. The van der Waals surface area contributed by atoms with Crippen molar-refractivity contribution < 1.29 is 22.7 Å². The van der Waals surface area contributed by atoms with Gasteiger partial charge in [-0.15, -0.1) is 0 Å². The number of hydrogen-bond donors (Lipinski definition) is 1. The smallest absolute Gasteiger partial charge is 0.264 e. The van der Waals surface area contributed by atoms with E-state index in [4.69, 9.17) is 4.74 Å². The number of aryl methyl sites for hydroxylation is 1. The molecular formula is C29H35N3O5S. The summed E-state index contributed by atoms with van der Waals surface area (Å²) >= 11 is 0. The average molecular weight is 538 g/mol. The Morgan fingerprint density at radius 3 is 2.05 bits per heavy atom. The summed E-state index contributed by atoms with van der Waals surface area (Å²) in [5.41, 5.74) is 2.20. The molecule has 0 saturated heterocycles. The molecule has 0 bridgehead atoms. The molecule has 38 heavy (non-hydrogen) atoms. The molecule has 0 fully saturated rings. The number of hydrogen-bond acceptors (Lipinski definition) is 5. The summed E-state index contributed by atoms with van der Waals surface area (Å²) in [5.74, 6) is -0.271. The third-order valence-corrected chi connectivity index (χ3v) is 7.83. The van der Waals surface area contributed by atoms with Crippen molar-refractivity contribution in [2.45, 2.75) is 51.2 Å². The monoisotopic (exact) mass is 537 g/mol. The molecule has 0 heterocycles. The molecule has 1 N–H and O–H groups in total. The van der Waals surface area contributed by atoms with Gasteiger partial charge in [0.1, 0.15) is 18.3 Å². The molecule has 0 aliphatic rings. The van der Waals surface area contributed by atoms with Crippen molar-refractivity contribution in [3.05, 3.63) is 90.0 Å². The molecule has 0 saturated carbocycles. The molecule has 8 nitrogen and oxygen atoms in total. The number of anilines is 1. The number of nitrogens with zero attached hydrogens (tertiary/aromatic N) is 2. The van der Waals surface area contributed by atoms with E-state index in [1.807, 2.05) is 45.0 Å². The van der Waals surface area contributed by atoms with Crippen molar-refractivity contribution in [2.24, 2.45) is 0 Å². The molecule has 0 radical (unpaired) electrons. The van der Waals surface area contributed by atoms with Gasteiger partial charge >= 0.3 is 0 Å². The van der Waals surface area contributed by atoms with E-state index in [-0.39, 0.29) is 23.4 Å². The second-order valence-corrected chi connectivity index (χ2v) is 11.2. The van der Waals surface area contributed by atoms with Gasteiger partial charge in [-0.2, -0.15) is 0 Å². The van der Waals surface area contributed by atoms with Crippen molar-refractivity contribution in [2.75, 3.05) is 18.0 Å². The molecule has 0 spiro atoms. The van der Waals surface area contributed by atoms with Gasteiger partial charge < -0.3 is 15.0 Å². The first-order valence-corrected chi connectivity index (χ1v) is 13.8. The van der Waals surface area contributed by atoms with Gasteiger partial charge in [0.15, 0.2) is 0 Å². The molecule has 0 aromatic heterocycles. The van der Waals surface area contributed by atoms with Crippen LogP contribution in [0.5, 0.6) is 5.75 Å². The van der Waals surface area contributed by atoms with Gasteiger partial charge in [0, 0.05) is 12.6 Å². The molecular weight excluding hydrogens is 502 g/mol. The number of ether oxygens (including phenoxy) is 1. The van der Waals surface area contributed by atoms with Crippen LogP contribution in [0.1, 0.15) is 31.9 Å². The molecule has 2 amide bonds. The van der Waals surface area contributed by atoms with Crippen LogP contribution < -0.4 is 14.4 Å². The second kappa shape index (κ2) is 12.6. The van der Waals surface area contributed by atoms with Gasteiger partial charge in [0.25, 0.3) is 10.0 Å². The zero-order chi connectivity index (χ0) is 27.9. The Balaban J connectivity index is 2.01. The lowest BCUT2D eigenvalue weighted by Gasteiger charge is -2.32. The molecule has 3 aromatic rings. The van der Waals surface area contributed by atoms with Crippen LogP contribution in [0.3, 0.4) is 0 Å². The molecule has 202 valence electrons. The predicted molar refractivity (Wildman–Crippen MR) is 148 cm³/mol. The fourth-order valence-electron chi connectivity index (χ4n) is 3.87. The zero-order valence-electron chi connectivity index (χ0n) is 22.4. The first kappa shape index (κ1) is 28.7. The number of carbonyl (C=O) groups excluding carboxylic acids is 2. The van der Waals surface area contributed by atoms with Crippen molar-refractivity contribution in [1.29, 1.82) is 0 Å². The van der Waals surface area contributed by atoms with Crippen LogP contribution >= 0.6 is 0 Å². The minimum Gasteiger partial charge on any atom is -0.497 e. The fraction of sp³-hybridized carbons (Fsp3) is 0.310. The summed E-state index contributed by atoms with van der Waals surface area (Å²) in [7, 11) is -2.58. The number of sulfonamides is 1. The highest BCUT2D eigenvalue weighted by Crippen LogP contribution is 2.26. The molecule has 1 atom stereocenters. The van der Waals surface area contributed by atoms with E-state index < -0.39 is 28.5 Å². The van der Waals surface area contributed by atoms with E-state index in [9.17, 15) is 18.0 Å². The Morgan fingerprint density at radius 2 is 1.50 bits per heavy atom. The van der Waals surface area contributed by atoms with E-state index in [0.717, 1.165) is 15.4 Å². The Morgan fingerprint density at radius 1 is 0.895 bits per heavy atom. The Labute approximate surface area is 225 Å². The van der Waals surface area contributed by atoms with E-state index in [1.165, 1.54) is 24.1 Å². The summed E-state index contributed by atoms with van der Waals surface area (Å²) in [5, 5.41) is 2.85. The minimum absolute atomic E-state index is 0.0549. The van der Waals surface area contributed by atoms with Gasteiger partial charge in [-0.3, -0.25) is 13.9 Å². The number of rotatable bonds is 11. The van der Waals surface area contributed by atoms with Crippen LogP contribution in [0.2, 0.25) is 0 Å². The lowest BCUT2D eigenvalue weighted by molar-refractivity contribution is -0.139. The summed E-state index contributed by atoms with van der Waals surface area (Å²) in [6.45, 7) is 6.95. The van der Waals surface area contributed by atoms with E-state index in [1.54, 1.807) is 49.4 Å². The maximum atomic E-state index is 13.8. The lowest BCUT2D eigenvalue weighted by Crippen LogP contribution is -2.52. The largest absolute Gasteiger partial charge is 0.497 e. The summed E-state index contributed by atoms with van der Waals surface area (Å²) < 4.78 is 33.8. The van der Waals surface area contributed by atoms with Crippen LogP contribution in [-0.4, -0.2) is 50.9 Å². The summed E-state index contributed by atoms with van der Waals surface area (Å²) in [6, 6.07) is 21.1. The highest BCUT2D eigenvalue weighted by Gasteiger charge is 2.32. The predicted octanol–water partition coefficient (Wildman–Crippen LogP) is 4.14. The second-order valence-electron chi connectivity index (χ2n) is 9.37. The highest BCUT2D eigenvalue weighted by atomic mass is 32.2. The molecule has 0 unspecified atom stereocenters. The van der Waals surface area contributed by atoms with Gasteiger partial charge in [-0.1, -0.05) is 48.0 Å². The average Bonchev–Trinajstić information content (AvgIpc) is 2.91. The molecule has 9 heteroatoms. The Kier molecular flexibility index (Phi) is 9.52. The fourth-order valence-corrected chi connectivity index (χ4v) is 5.31. The topological polar surface area (TPSA) is 96.0 Å². The summed E-state index contributed by atoms with van der Waals surface area (Å²) in [6.07, 6.45) is 0. The molecule has 3 rings (SSSR count). The maximum Gasteiger partial charge on any atom is 0.264 e. The van der Waals surface area contributed by atoms with Crippen LogP contribution in [0.15, 0.2) is 83.8 Å². The van der Waals surface area contributed by atoms with Crippen LogP contribution in [0, 0.1) is 6.92 Å². The highest BCUT2D eigenvalue weighted by molar-refractivity contribution is 7.92. The number of methoxy groups -OCH3 is 1. The van der Waals surface area contributed by atoms with Crippen LogP contribution in [0.25, 0.3) is 0 Å². The number of nitrogens with one attached hydrogen (secondary N) is 1. The number of benzene rings is 3. The van der Waals surface area contributed by atoms with Crippen molar-refractivity contribution in [3.63, 3.8) is 0 Å². The standard InChI is InChI=1S/C29H35N3O5S/c1-21(2)30-29(34)23(4)31(19-24-13-11-22(3)12-14-24)28(33)20-32(25-15-17-26(37-5)18-16-25)38(35,36)27-9-7-6-8-10-27/h6-18,21,23H,19-20H2,1-5H3,(H,30,34)/t23-/m1/s1. The van der Waals surface area contributed by atoms with Crippen molar-refractivity contribution >= 4 is 27.5 Å². The minimum atomic E-state index is -4.10. The SMILES string of the molecule is COc1ccc(N(CC(=O)N(Cc2ccc(C)cc2)[C@H](C)C(=O)NC(C)C)S(=O)(=O)c2ccccc2)cc1. The van der Waals surface area contributed by atoms with Gasteiger partial charge in [0.2, 0.25) is 11.8 Å². The quantitative estimate of drug-likeness (QED) is 0.397. The van der Waals surface area contributed by atoms with Crippen molar-refractivity contribution in [3.8, 4) is 5.75 Å². The Hall–Kier alpha value is -3.85. The molecule has 0 aliphatic heterocycles. The molecule has 3 aromatic carbocycles. The van der Waals surface area contributed by atoms with E-state index in [2.05, 4.69) is 5.32 Å². The number of carbonyl (C=O) groups is 2. The summed E-state index contributed by atoms with van der Waals surface area (Å²) in [4.78, 5) is 28.3. The van der Waals surface area contributed by atoms with Crippen LogP contribution in [0.4, 0.5) is 5.69 Å².